The third-order valence-electron chi connectivity index (χ3n) is 7.17. The molecule has 0 atom stereocenters. The Bertz CT molecular complexity index is 1400. The Balaban J connectivity index is 2.19. The summed E-state index contributed by atoms with van der Waals surface area (Å²) in [7, 11) is 0. The predicted molar refractivity (Wildman–Crippen MR) is 166 cm³/mol. The minimum Gasteiger partial charge on any atom is -0.458 e. The zero-order valence-electron chi connectivity index (χ0n) is 27.1. The fourth-order valence-corrected chi connectivity index (χ4v) is 4.25. The number of amides is 1. The number of Topliss-reactive ketones (excluding diaryl/α,β-unsaturated/α-hetero) is 2. The first kappa shape index (κ1) is 35.1. The third kappa shape index (κ3) is 10.6. The van der Waals surface area contributed by atoms with Crippen molar-refractivity contribution < 1.29 is 28.7 Å². The average molecular weight is 592 g/mol. The highest BCUT2D eigenvalue weighted by Gasteiger charge is 2.29. The summed E-state index contributed by atoms with van der Waals surface area (Å²) in [5.41, 5.74) is 1.20. The molecule has 0 fully saturated rings. The van der Waals surface area contributed by atoms with Crippen molar-refractivity contribution in [2.24, 2.45) is 9.98 Å². The Morgan fingerprint density at radius 2 is 1.19 bits per heavy atom. The molecule has 1 amide bonds. The molecule has 0 unspecified atom stereocenters. The predicted octanol–water partition coefficient (Wildman–Crippen LogP) is 6.38. The molecule has 2 aromatic rings. The standard InChI is InChI=1S/C34H45N3O6/c1-23(38)20-42-29(40)19-31(3,4)27-12-11-13-28(18-27)33(7,8)36-22-35-32(5,6)25-14-16-26(17-15-25)34(9,10)37-30(41)43-21-24(2)39/h11-18H,19-21H2,1-10H3,(H,37,41). The topological polar surface area (TPSA) is 123 Å². The van der Waals surface area contributed by atoms with Gasteiger partial charge in [-0.1, -0.05) is 62.4 Å². The Morgan fingerprint density at radius 3 is 1.74 bits per heavy atom. The number of carbonyl (C=O) groups is 4. The summed E-state index contributed by atoms with van der Waals surface area (Å²) in [6.45, 7) is 17.8. The molecule has 232 valence electrons. The van der Waals surface area contributed by atoms with Gasteiger partial charge in [-0.3, -0.25) is 14.4 Å². The van der Waals surface area contributed by atoms with Crippen LogP contribution in [0.3, 0.4) is 0 Å². The van der Waals surface area contributed by atoms with Gasteiger partial charge in [0.15, 0.2) is 18.2 Å². The van der Waals surface area contributed by atoms with Crippen molar-refractivity contribution in [2.45, 2.75) is 97.7 Å². The largest absolute Gasteiger partial charge is 0.458 e. The van der Waals surface area contributed by atoms with E-state index in [9.17, 15) is 19.2 Å². The van der Waals surface area contributed by atoms with Crippen molar-refractivity contribution in [1.29, 1.82) is 0 Å². The number of hydrogen-bond donors (Lipinski definition) is 1. The molecule has 43 heavy (non-hydrogen) atoms. The molecule has 2 aromatic carbocycles. The first-order valence-electron chi connectivity index (χ1n) is 14.3. The van der Waals surface area contributed by atoms with Gasteiger partial charge in [0.1, 0.15) is 6.61 Å². The zero-order chi connectivity index (χ0) is 32.6. The van der Waals surface area contributed by atoms with Crippen LogP contribution < -0.4 is 5.32 Å². The average Bonchev–Trinajstić information content (AvgIpc) is 2.90. The van der Waals surface area contributed by atoms with Crippen LogP contribution in [0.1, 0.15) is 97.9 Å². The molecule has 9 nitrogen and oxygen atoms in total. The van der Waals surface area contributed by atoms with Crippen molar-refractivity contribution in [3.63, 3.8) is 0 Å². The maximum absolute atomic E-state index is 12.3. The van der Waals surface area contributed by atoms with Gasteiger partial charge < -0.3 is 14.8 Å². The van der Waals surface area contributed by atoms with E-state index in [0.29, 0.717) is 0 Å². The summed E-state index contributed by atoms with van der Waals surface area (Å²) < 4.78 is 10.0. The van der Waals surface area contributed by atoms with Crippen LogP contribution in [-0.4, -0.2) is 42.9 Å². The number of nitrogens with zero attached hydrogens (tertiary/aromatic N) is 2. The van der Waals surface area contributed by atoms with Crippen LogP contribution in [0, 0.1) is 0 Å². The lowest BCUT2D eigenvalue weighted by molar-refractivity contribution is -0.148. The van der Waals surface area contributed by atoms with Crippen LogP contribution in [0.4, 0.5) is 4.79 Å². The quantitative estimate of drug-likeness (QED) is 0.213. The van der Waals surface area contributed by atoms with E-state index in [2.05, 4.69) is 21.3 Å². The van der Waals surface area contributed by atoms with Crippen LogP contribution in [-0.2, 0) is 45.9 Å². The molecule has 1 N–H and O–H groups in total. The van der Waals surface area contributed by atoms with E-state index < -0.39 is 34.1 Å². The molecular weight excluding hydrogens is 546 g/mol. The maximum atomic E-state index is 12.3. The monoisotopic (exact) mass is 591 g/mol. The summed E-state index contributed by atoms with van der Waals surface area (Å²) in [5.74, 6) is -0.846. The third-order valence-corrected chi connectivity index (χ3v) is 7.17. The Morgan fingerprint density at radius 1 is 0.698 bits per heavy atom. The fourth-order valence-electron chi connectivity index (χ4n) is 4.25. The number of hydrogen-bond acceptors (Lipinski definition) is 8. The second-order valence-corrected chi connectivity index (χ2v) is 13.1. The Kier molecular flexibility index (Phi) is 11.4. The number of aliphatic imine (C=N–C) groups is 2. The molecule has 0 aliphatic carbocycles. The lowest BCUT2D eigenvalue weighted by Crippen LogP contribution is -2.41. The molecule has 0 spiro atoms. The molecule has 0 heterocycles. The summed E-state index contributed by atoms with van der Waals surface area (Å²) in [5, 5.41) is 2.79. The van der Waals surface area contributed by atoms with E-state index >= 15 is 0 Å². The molecule has 0 saturated heterocycles. The van der Waals surface area contributed by atoms with Gasteiger partial charge in [-0.2, -0.15) is 0 Å². The number of ether oxygens (including phenoxy) is 2. The molecular formula is C34H45N3O6. The van der Waals surface area contributed by atoms with Crippen molar-refractivity contribution in [3.05, 3.63) is 70.8 Å². The number of esters is 1. The Hall–Kier alpha value is -4.10. The molecule has 9 heteroatoms. The van der Waals surface area contributed by atoms with Gasteiger partial charge in [-0.25, -0.2) is 14.8 Å². The maximum Gasteiger partial charge on any atom is 0.408 e. The molecule has 0 radical (unpaired) electrons. The smallest absolute Gasteiger partial charge is 0.408 e. The normalized spacial score (nSPS) is 12.0. The molecule has 2 rings (SSSR count). The molecule has 0 saturated carbocycles. The van der Waals surface area contributed by atoms with Gasteiger partial charge in [0, 0.05) is 5.41 Å². The van der Waals surface area contributed by atoms with Crippen LogP contribution in [0.5, 0.6) is 0 Å². The SMILES string of the molecule is CC(=O)COC(=O)CC(C)(C)c1cccc(C(C)(C)N=C=NC(C)(C)c2ccc(C(C)(C)NC(=O)OCC(C)=O)cc2)c1. The van der Waals surface area contributed by atoms with Gasteiger partial charge in [-0.15, -0.1) is 0 Å². The van der Waals surface area contributed by atoms with Gasteiger partial charge in [-0.05, 0) is 77.6 Å². The zero-order valence-corrected chi connectivity index (χ0v) is 27.1. The Labute approximate surface area is 255 Å². The fraction of sp³-hybridized carbons (Fsp3) is 0.500. The van der Waals surface area contributed by atoms with Crippen molar-refractivity contribution in [3.8, 4) is 0 Å². The molecule has 0 aromatic heterocycles. The van der Waals surface area contributed by atoms with E-state index in [1.165, 1.54) is 13.8 Å². The summed E-state index contributed by atoms with van der Waals surface area (Å²) in [6.07, 6.45) is -0.520. The van der Waals surface area contributed by atoms with Gasteiger partial charge in [0.25, 0.3) is 0 Å². The van der Waals surface area contributed by atoms with E-state index in [1.807, 2.05) is 104 Å². The van der Waals surface area contributed by atoms with Crippen LogP contribution in [0.15, 0.2) is 58.5 Å². The number of nitrogens with one attached hydrogen (secondary N) is 1. The van der Waals surface area contributed by atoms with Crippen LogP contribution in [0.2, 0.25) is 0 Å². The molecule has 0 aliphatic heterocycles. The number of carbonyl (C=O) groups excluding carboxylic acids is 4. The van der Waals surface area contributed by atoms with E-state index in [1.54, 1.807) is 0 Å². The first-order valence-corrected chi connectivity index (χ1v) is 14.3. The van der Waals surface area contributed by atoms with E-state index in [-0.39, 0.29) is 31.2 Å². The molecule has 0 bridgehead atoms. The van der Waals surface area contributed by atoms with Gasteiger partial charge in [0.05, 0.1) is 29.0 Å². The van der Waals surface area contributed by atoms with Gasteiger partial charge in [0.2, 0.25) is 0 Å². The minimum absolute atomic E-state index is 0.138. The highest BCUT2D eigenvalue weighted by Crippen LogP contribution is 2.33. The molecule has 0 aliphatic rings. The summed E-state index contributed by atoms with van der Waals surface area (Å²) in [6, 6.07) is 18.6. The van der Waals surface area contributed by atoms with Crippen molar-refractivity contribution in [2.75, 3.05) is 13.2 Å². The van der Waals surface area contributed by atoms with Crippen molar-refractivity contribution >= 4 is 29.6 Å². The number of rotatable bonds is 13. The van der Waals surface area contributed by atoms with Crippen molar-refractivity contribution in [1.82, 2.24) is 5.32 Å². The number of ketones is 2. The lowest BCUT2D eigenvalue weighted by atomic mass is 9.79. The second-order valence-electron chi connectivity index (χ2n) is 13.1. The highest BCUT2D eigenvalue weighted by molar-refractivity contribution is 5.81. The van der Waals surface area contributed by atoms with Crippen LogP contribution >= 0.6 is 0 Å². The first-order chi connectivity index (χ1) is 19.7. The summed E-state index contributed by atoms with van der Waals surface area (Å²) >= 11 is 0. The second kappa shape index (κ2) is 13.9. The van der Waals surface area contributed by atoms with Gasteiger partial charge >= 0.3 is 12.1 Å². The van der Waals surface area contributed by atoms with E-state index in [4.69, 9.17) is 9.47 Å². The highest BCUT2D eigenvalue weighted by atomic mass is 16.6. The summed E-state index contributed by atoms with van der Waals surface area (Å²) in [4.78, 5) is 55.9. The minimum atomic E-state index is -0.719. The number of alkyl carbamates (subject to hydrolysis) is 1. The van der Waals surface area contributed by atoms with Crippen LogP contribution in [0.25, 0.3) is 0 Å². The van der Waals surface area contributed by atoms with E-state index in [0.717, 1.165) is 22.3 Å². The number of benzene rings is 2. The lowest BCUT2D eigenvalue weighted by Gasteiger charge is -2.27.